The molecule has 2 aromatic heterocycles. The monoisotopic (exact) mass is 475 g/mol. The molecule has 0 radical (unpaired) electrons. The summed E-state index contributed by atoms with van der Waals surface area (Å²) in [6, 6.07) is 0. The molecule has 2 rings (SSSR count). The number of aliphatic imine (C=N–C) groups is 1. The van der Waals surface area contributed by atoms with Crippen molar-refractivity contribution in [1.29, 1.82) is 0 Å². The van der Waals surface area contributed by atoms with E-state index < -0.39 is 0 Å². The van der Waals surface area contributed by atoms with E-state index in [9.17, 15) is 0 Å². The average molecular weight is 475 g/mol. The number of guanidine groups is 1. The first-order chi connectivity index (χ1) is 12.2. The summed E-state index contributed by atoms with van der Waals surface area (Å²) in [5.74, 6) is 2.71. The van der Waals surface area contributed by atoms with Gasteiger partial charge in [0.15, 0.2) is 5.96 Å². The summed E-state index contributed by atoms with van der Waals surface area (Å²) in [4.78, 5) is 4.69. The Bertz CT molecular complexity index is 659. The van der Waals surface area contributed by atoms with E-state index in [1.54, 1.807) is 6.33 Å². The summed E-state index contributed by atoms with van der Waals surface area (Å²) in [6.45, 7) is 11.2. The van der Waals surface area contributed by atoms with Crippen LogP contribution >= 0.6 is 24.0 Å². The predicted octanol–water partition coefficient (Wildman–Crippen LogP) is 2.33. The van der Waals surface area contributed by atoms with Crippen molar-refractivity contribution >= 4 is 29.9 Å². The molecule has 0 fully saturated rings. The van der Waals surface area contributed by atoms with E-state index in [0.29, 0.717) is 6.54 Å². The van der Waals surface area contributed by atoms with E-state index >= 15 is 0 Å². The fraction of sp³-hybridized carbons (Fsp3) is 0.647. The number of hydrogen-bond acceptors (Lipinski definition) is 5. The van der Waals surface area contributed by atoms with Crippen molar-refractivity contribution in [2.45, 2.75) is 60.0 Å². The largest absolute Gasteiger partial charge is 0.361 e. The first kappa shape index (κ1) is 22.4. The Morgan fingerprint density at radius 3 is 2.62 bits per heavy atom. The van der Waals surface area contributed by atoms with Gasteiger partial charge in [-0.2, -0.15) is 0 Å². The number of nitrogens with one attached hydrogen (secondary N) is 2. The second-order valence-electron chi connectivity index (χ2n) is 5.65. The number of aryl methyl sites for hydroxylation is 3. The van der Waals surface area contributed by atoms with Crippen LogP contribution < -0.4 is 10.6 Å². The van der Waals surface area contributed by atoms with Crippen molar-refractivity contribution in [3.8, 4) is 0 Å². The minimum absolute atomic E-state index is 0. The van der Waals surface area contributed by atoms with Crippen molar-refractivity contribution in [2.75, 3.05) is 13.1 Å². The lowest BCUT2D eigenvalue weighted by Crippen LogP contribution is -2.39. The molecule has 0 spiro atoms. The zero-order chi connectivity index (χ0) is 18.1. The van der Waals surface area contributed by atoms with E-state index in [2.05, 4.69) is 63.2 Å². The predicted molar refractivity (Wildman–Crippen MR) is 113 cm³/mol. The van der Waals surface area contributed by atoms with Crippen LogP contribution in [0.5, 0.6) is 0 Å². The van der Waals surface area contributed by atoms with Crippen LogP contribution in [0.4, 0.5) is 0 Å². The number of nitrogens with zero attached hydrogens (tertiary/aromatic N) is 5. The van der Waals surface area contributed by atoms with Crippen LogP contribution in [0.1, 0.15) is 50.5 Å². The van der Waals surface area contributed by atoms with Crippen LogP contribution in [-0.4, -0.2) is 39.0 Å². The number of halogens is 1. The number of hydrogen-bond donors (Lipinski definition) is 2. The normalized spacial score (nSPS) is 11.3. The van der Waals surface area contributed by atoms with Crippen LogP contribution in [-0.2, 0) is 32.4 Å². The van der Waals surface area contributed by atoms with Crippen molar-refractivity contribution in [3.63, 3.8) is 0 Å². The lowest BCUT2D eigenvalue weighted by molar-refractivity contribution is 0.380. The molecule has 9 heteroatoms. The van der Waals surface area contributed by atoms with Gasteiger partial charge in [-0.05, 0) is 13.3 Å². The van der Waals surface area contributed by atoms with Gasteiger partial charge in [0.1, 0.15) is 17.9 Å². The first-order valence-electron chi connectivity index (χ1n) is 9.08. The molecule has 146 valence electrons. The van der Waals surface area contributed by atoms with E-state index in [1.165, 1.54) is 0 Å². The Morgan fingerprint density at radius 1 is 1.15 bits per heavy atom. The van der Waals surface area contributed by atoms with Gasteiger partial charge in [-0.15, -0.1) is 34.2 Å². The van der Waals surface area contributed by atoms with Crippen LogP contribution in [0.15, 0.2) is 15.8 Å². The molecule has 0 aromatic carbocycles. The Hall–Kier alpha value is -1.65. The highest BCUT2D eigenvalue weighted by Gasteiger charge is 2.13. The van der Waals surface area contributed by atoms with Crippen LogP contribution in [0, 0.1) is 0 Å². The van der Waals surface area contributed by atoms with Crippen molar-refractivity contribution in [1.82, 2.24) is 30.6 Å². The maximum Gasteiger partial charge on any atom is 0.191 e. The molecule has 0 aliphatic heterocycles. The summed E-state index contributed by atoms with van der Waals surface area (Å²) in [5, 5.41) is 18.8. The van der Waals surface area contributed by atoms with Gasteiger partial charge < -0.3 is 19.7 Å². The quantitative estimate of drug-likeness (QED) is 0.329. The van der Waals surface area contributed by atoms with E-state index in [-0.39, 0.29) is 24.0 Å². The van der Waals surface area contributed by atoms with Gasteiger partial charge in [-0.25, -0.2) is 4.99 Å². The van der Waals surface area contributed by atoms with Crippen molar-refractivity contribution in [2.24, 2.45) is 4.99 Å². The molecular weight excluding hydrogens is 445 g/mol. The van der Waals surface area contributed by atoms with Gasteiger partial charge in [0.2, 0.25) is 0 Å². The zero-order valence-corrected chi connectivity index (χ0v) is 18.4. The van der Waals surface area contributed by atoms with Gasteiger partial charge in [0.25, 0.3) is 0 Å². The third-order valence-corrected chi connectivity index (χ3v) is 4.00. The molecule has 0 atom stereocenters. The van der Waals surface area contributed by atoms with Crippen LogP contribution in [0.2, 0.25) is 0 Å². The highest BCUT2D eigenvalue weighted by molar-refractivity contribution is 14.0. The number of aromatic nitrogens is 4. The Balaban J connectivity index is 0.00000338. The maximum atomic E-state index is 5.41. The van der Waals surface area contributed by atoms with E-state index in [4.69, 9.17) is 4.52 Å². The first-order valence-corrected chi connectivity index (χ1v) is 9.08. The highest BCUT2D eigenvalue weighted by Crippen LogP contribution is 2.16. The Kier molecular flexibility index (Phi) is 10.2. The molecule has 0 aliphatic rings. The number of rotatable bonds is 9. The second kappa shape index (κ2) is 11.9. The molecule has 8 nitrogen and oxygen atoms in total. The molecule has 26 heavy (non-hydrogen) atoms. The van der Waals surface area contributed by atoms with Gasteiger partial charge in [-0.1, -0.05) is 25.9 Å². The molecular formula is C17H30IN7O. The van der Waals surface area contributed by atoms with Gasteiger partial charge in [-0.3, -0.25) is 0 Å². The molecule has 0 saturated heterocycles. The molecule has 2 heterocycles. The molecule has 0 amide bonds. The molecule has 0 unspecified atom stereocenters. The molecule has 0 aliphatic carbocycles. The zero-order valence-electron chi connectivity index (χ0n) is 16.1. The van der Waals surface area contributed by atoms with Gasteiger partial charge in [0.05, 0.1) is 12.2 Å². The molecule has 0 saturated carbocycles. The van der Waals surface area contributed by atoms with Crippen LogP contribution in [0.3, 0.4) is 0 Å². The van der Waals surface area contributed by atoms with Crippen molar-refractivity contribution < 1.29 is 4.52 Å². The second-order valence-corrected chi connectivity index (χ2v) is 5.65. The Morgan fingerprint density at radius 2 is 1.96 bits per heavy atom. The topological polar surface area (TPSA) is 93.2 Å². The SMILES string of the molecule is CCNC(=NCc1c(CC)noc1CC)NCCn1cnnc1CC.I. The lowest BCUT2D eigenvalue weighted by Gasteiger charge is -2.12. The lowest BCUT2D eigenvalue weighted by atomic mass is 10.1. The van der Waals surface area contributed by atoms with Gasteiger partial charge >= 0.3 is 0 Å². The van der Waals surface area contributed by atoms with Crippen LogP contribution in [0.25, 0.3) is 0 Å². The van der Waals surface area contributed by atoms with E-state index in [0.717, 1.165) is 67.7 Å². The average Bonchev–Trinajstić information content (AvgIpc) is 3.25. The summed E-state index contributed by atoms with van der Waals surface area (Å²) >= 11 is 0. The maximum absolute atomic E-state index is 5.41. The minimum Gasteiger partial charge on any atom is -0.361 e. The summed E-state index contributed by atoms with van der Waals surface area (Å²) < 4.78 is 7.46. The fourth-order valence-corrected chi connectivity index (χ4v) is 2.65. The summed E-state index contributed by atoms with van der Waals surface area (Å²) in [5.41, 5.74) is 2.10. The Labute approximate surface area is 172 Å². The minimum atomic E-state index is 0. The third kappa shape index (κ3) is 5.96. The van der Waals surface area contributed by atoms with E-state index in [1.807, 2.05) is 0 Å². The molecule has 2 N–H and O–H groups in total. The molecule has 0 bridgehead atoms. The third-order valence-electron chi connectivity index (χ3n) is 4.00. The smallest absolute Gasteiger partial charge is 0.191 e. The van der Waals surface area contributed by atoms with Gasteiger partial charge in [0, 0.05) is 38.0 Å². The fourth-order valence-electron chi connectivity index (χ4n) is 2.65. The standard InChI is InChI=1S/C17H29N7O.HI/c1-5-14-13(15(6-2)25-23-14)11-20-17(18-8-4)19-9-10-24-12-21-22-16(24)7-3;/h12H,5-11H2,1-4H3,(H2,18,19,20);1H. The molecule has 2 aromatic rings. The highest BCUT2D eigenvalue weighted by atomic mass is 127. The summed E-state index contributed by atoms with van der Waals surface area (Å²) in [7, 11) is 0. The summed E-state index contributed by atoms with van der Waals surface area (Å²) in [6.07, 6.45) is 4.32. The van der Waals surface area contributed by atoms with Crippen molar-refractivity contribution in [3.05, 3.63) is 29.2 Å².